The smallest absolute Gasteiger partial charge is 0.137 e. The average molecular weight is 258 g/mol. The van der Waals surface area contributed by atoms with Crippen LogP contribution in [0.25, 0.3) is 0 Å². The molecule has 0 saturated heterocycles. The lowest BCUT2D eigenvalue weighted by Crippen LogP contribution is -2.15. The van der Waals surface area contributed by atoms with Gasteiger partial charge in [-0.2, -0.15) is 0 Å². The summed E-state index contributed by atoms with van der Waals surface area (Å²) in [5.41, 5.74) is 1.17. The molecule has 4 heteroatoms. The van der Waals surface area contributed by atoms with Crippen LogP contribution in [0.5, 0.6) is 5.75 Å². The van der Waals surface area contributed by atoms with Crippen molar-refractivity contribution in [3.63, 3.8) is 0 Å². The van der Waals surface area contributed by atoms with Crippen LogP contribution in [-0.4, -0.2) is 27.4 Å². The molecule has 3 nitrogen and oxygen atoms in total. The lowest BCUT2D eigenvalue weighted by molar-refractivity contribution is 0.192. The van der Waals surface area contributed by atoms with Crippen molar-refractivity contribution < 1.29 is 9.47 Å². The summed E-state index contributed by atoms with van der Waals surface area (Å²) in [7, 11) is 3.35. The first-order chi connectivity index (χ1) is 8.27. The zero-order valence-corrected chi connectivity index (χ0v) is 11.2. The fraction of sp³-hybridized carbons (Fsp3) is 0.538. The lowest BCUT2D eigenvalue weighted by atomic mass is 10.2. The maximum absolute atomic E-state index is 6.04. The van der Waals surface area contributed by atoms with Crippen molar-refractivity contribution in [3.05, 3.63) is 28.8 Å². The molecule has 0 spiro atoms. The van der Waals surface area contributed by atoms with Crippen LogP contribution in [0.15, 0.2) is 18.2 Å². The summed E-state index contributed by atoms with van der Waals surface area (Å²) in [5.74, 6) is 0.718. The summed E-state index contributed by atoms with van der Waals surface area (Å²) in [4.78, 5) is 0. The van der Waals surface area contributed by atoms with Gasteiger partial charge in [-0.05, 0) is 37.1 Å². The quantitative estimate of drug-likeness (QED) is 0.727. The van der Waals surface area contributed by atoms with Gasteiger partial charge in [0.25, 0.3) is 0 Å². The molecule has 0 aliphatic carbocycles. The van der Waals surface area contributed by atoms with Gasteiger partial charge in [0.2, 0.25) is 0 Å². The molecule has 0 fully saturated rings. The second-order valence-corrected chi connectivity index (χ2v) is 4.25. The number of halogens is 1. The number of nitrogens with one attached hydrogen (secondary N) is 1. The molecule has 1 rings (SSSR count). The second kappa shape index (κ2) is 8.34. The molecule has 0 heterocycles. The Morgan fingerprint density at radius 1 is 1.24 bits per heavy atom. The number of rotatable bonds is 8. The molecular weight excluding hydrogens is 238 g/mol. The van der Waals surface area contributed by atoms with Crippen LogP contribution in [0, 0.1) is 0 Å². The third-order valence-corrected chi connectivity index (χ3v) is 2.79. The minimum Gasteiger partial charge on any atom is -0.495 e. The summed E-state index contributed by atoms with van der Waals surface area (Å²) in [6.07, 6.45) is 2.21. The predicted molar refractivity (Wildman–Crippen MR) is 70.8 cm³/mol. The van der Waals surface area contributed by atoms with Crippen LogP contribution in [0.1, 0.15) is 18.4 Å². The first kappa shape index (κ1) is 14.3. The van der Waals surface area contributed by atoms with Gasteiger partial charge in [0, 0.05) is 20.3 Å². The number of methoxy groups -OCH3 is 2. The number of hydrogen-bond donors (Lipinski definition) is 1. The second-order valence-electron chi connectivity index (χ2n) is 3.85. The summed E-state index contributed by atoms with van der Waals surface area (Å²) >= 11 is 6.04. The minimum absolute atomic E-state index is 0.659. The molecule has 0 aliphatic rings. The van der Waals surface area contributed by atoms with E-state index in [1.165, 1.54) is 5.56 Å². The molecule has 0 radical (unpaired) electrons. The van der Waals surface area contributed by atoms with E-state index >= 15 is 0 Å². The fourth-order valence-corrected chi connectivity index (χ4v) is 1.83. The minimum atomic E-state index is 0.659. The number of hydrogen-bond acceptors (Lipinski definition) is 3. The monoisotopic (exact) mass is 257 g/mol. The maximum Gasteiger partial charge on any atom is 0.137 e. The normalized spacial score (nSPS) is 10.5. The fourth-order valence-electron chi connectivity index (χ4n) is 1.55. The molecule has 0 saturated carbocycles. The summed E-state index contributed by atoms with van der Waals surface area (Å²) in [5, 5.41) is 4.03. The molecule has 0 bridgehead atoms. The van der Waals surface area contributed by atoms with Gasteiger partial charge in [-0.1, -0.05) is 17.7 Å². The third kappa shape index (κ3) is 5.39. The number of benzene rings is 1. The Kier molecular flexibility index (Phi) is 7.01. The van der Waals surface area contributed by atoms with Gasteiger partial charge < -0.3 is 14.8 Å². The van der Waals surface area contributed by atoms with Gasteiger partial charge in [0.05, 0.1) is 12.1 Å². The highest BCUT2D eigenvalue weighted by atomic mass is 35.5. The van der Waals surface area contributed by atoms with Gasteiger partial charge >= 0.3 is 0 Å². The van der Waals surface area contributed by atoms with Crippen LogP contribution in [0.3, 0.4) is 0 Å². The van der Waals surface area contributed by atoms with E-state index < -0.39 is 0 Å². The first-order valence-corrected chi connectivity index (χ1v) is 6.17. The van der Waals surface area contributed by atoms with Gasteiger partial charge in [0.1, 0.15) is 5.75 Å². The van der Waals surface area contributed by atoms with Gasteiger partial charge in [-0.15, -0.1) is 0 Å². The van der Waals surface area contributed by atoms with Crippen molar-refractivity contribution >= 4 is 11.6 Å². The van der Waals surface area contributed by atoms with Crippen molar-refractivity contribution in [1.82, 2.24) is 5.32 Å². The lowest BCUT2D eigenvalue weighted by Gasteiger charge is -2.07. The van der Waals surface area contributed by atoms with Crippen molar-refractivity contribution in [2.75, 3.05) is 27.4 Å². The van der Waals surface area contributed by atoms with Gasteiger partial charge in [-0.3, -0.25) is 0 Å². The molecule has 0 atom stereocenters. The molecule has 0 aromatic heterocycles. The Bertz CT molecular complexity index is 331. The summed E-state index contributed by atoms with van der Waals surface area (Å²) < 4.78 is 10.1. The molecule has 1 N–H and O–H groups in total. The van der Waals surface area contributed by atoms with Crippen molar-refractivity contribution in [2.24, 2.45) is 0 Å². The van der Waals surface area contributed by atoms with E-state index in [4.69, 9.17) is 21.1 Å². The Hall–Kier alpha value is -0.770. The van der Waals surface area contributed by atoms with E-state index in [2.05, 4.69) is 5.32 Å². The highest BCUT2D eigenvalue weighted by Crippen LogP contribution is 2.24. The Morgan fingerprint density at radius 3 is 2.71 bits per heavy atom. The molecule has 0 unspecified atom stereocenters. The molecule has 17 heavy (non-hydrogen) atoms. The summed E-state index contributed by atoms with van der Waals surface area (Å²) in [6, 6.07) is 5.85. The molecule has 0 amide bonds. The van der Waals surface area contributed by atoms with E-state index in [0.29, 0.717) is 5.02 Å². The van der Waals surface area contributed by atoms with E-state index in [1.54, 1.807) is 14.2 Å². The highest BCUT2D eigenvalue weighted by Gasteiger charge is 2.01. The van der Waals surface area contributed by atoms with Crippen molar-refractivity contribution in [2.45, 2.75) is 19.4 Å². The van der Waals surface area contributed by atoms with Gasteiger partial charge in [0.15, 0.2) is 0 Å². The van der Waals surface area contributed by atoms with Crippen LogP contribution in [0.2, 0.25) is 5.02 Å². The van der Waals surface area contributed by atoms with Crippen LogP contribution >= 0.6 is 11.6 Å². The zero-order chi connectivity index (χ0) is 12.5. The Morgan fingerprint density at radius 2 is 2.06 bits per heavy atom. The average Bonchev–Trinajstić information content (AvgIpc) is 2.34. The van der Waals surface area contributed by atoms with Crippen molar-refractivity contribution in [1.29, 1.82) is 0 Å². The van der Waals surface area contributed by atoms with E-state index in [9.17, 15) is 0 Å². The summed E-state index contributed by atoms with van der Waals surface area (Å²) in [6.45, 7) is 2.65. The van der Waals surface area contributed by atoms with Crippen LogP contribution in [-0.2, 0) is 11.3 Å². The number of ether oxygens (including phenoxy) is 2. The molecule has 1 aromatic carbocycles. The first-order valence-electron chi connectivity index (χ1n) is 5.80. The topological polar surface area (TPSA) is 30.5 Å². The maximum atomic E-state index is 6.04. The number of unbranched alkanes of at least 4 members (excludes halogenated alkanes) is 1. The molecule has 96 valence electrons. The van der Waals surface area contributed by atoms with Crippen LogP contribution < -0.4 is 10.1 Å². The standard InChI is InChI=1S/C13H20ClNO2/c1-16-8-4-3-7-15-10-11-5-6-13(17-2)12(14)9-11/h5-6,9,15H,3-4,7-8,10H2,1-2H3. The largest absolute Gasteiger partial charge is 0.495 e. The Balaban J connectivity index is 2.25. The van der Waals surface area contributed by atoms with E-state index in [1.807, 2.05) is 18.2 Å². The SMILES string of the molecule is COCCCCNCc1ccc(OC)c(Cl)c1. The molecule has 1 aromatic rings. The Labute approximate surface area is 108 Å². The molecular formula is C13H20ClNO2. The van der Waals surface area contributed by atoms with Crippen LogP contribution in [0.4, 0.5) is 0 Å². The highest BCUT2D eigenvalue weighted by molar-refractivity contribution is 6.32. The predicted octanol–water partition coefficient (Wildman–Crippen LogP) is 2.86. The third-order valence-electron chi connectivity index (χ3n) is 2.50. The van der Waals surface area contributed by atoms with E-state index in [-0.39, 0.29) is 0 Å². The van der Waals surface area contributed by atoms with Crippen molar-refractivity contribution in [3.8, 4) is 5.75 Å². The molecule has 0 aliphatic heterocycles. The zero-order valence-electron chi connectivity index (χ0n) is 10.5. The van der Waals surface area contributed by atoms with Gasteiger partial charge in [-0.25, -0.2) is 0 Å². The van der Waals surface area contributed by atoms with E-state index in [0.717, 1.165) is 38.3 Å².